The second-order valence-corrected chi connectivity index (χ2v) is 7.06. The first-order chi connectivity index (χ1) is 13.5. The van der Waals surface area contributed by atoms with Crippen LogP contribution in [0.15, 0.2) is 35.3 Å². The normalized spacial score (nSPS) is 14.7. The third-order valence-electron chi connectivity index (χ3n) is 4.84. The minimum atomic E-state index is -0.210. The van der Waals surface area contributed by atoms with Crippen LogP contribution in [0.2, 0.25) is 0 Å². The number of hydrogen-bond donors (Lipinski definition) is 1. The Bertz CT molecular complexity index is 899. The number of nitrogens with zero attached hydrogens (tertiary/aromatic N) is 4. The van der Waals surface area contributed by atoms with Gasteiger partial charge in [0.2, 0.25) is 5.91 Å². The number of piperidine rings is 1. The van der Waals surface area contributed by atoms with E-state index in [0.29, 0.717) is 38.3 Å². The Morgan fingerprint density at radius 2 is 1.93 bits per heavy atom. The molecule has 3 heterocycles. The third-order valence-corrected chi connectivity index (χ3v) is 4.84. The minimum Gasteiger partial charge on any atom is -0.337 e. The summed E-state index contributed by atoms with van der Waals surface area (Å²) in [4.78, 5) is 42.8. The molecule has 1 aliphatic rings. The molecule has 1 saturated heterocycles. The lowest BCUT2D eigenvalue weighted by Crippen LogP contribution is -2.42. The van der Waals surface area contributed by atoms with Crippen molar-refractivity contribution in [3.05, 3.63) is 52.1 Å². The maximum atomic E-state index is 12.7. The molecular formula is C20H25N5O3. The molecule has 3 rings (SSSR count). The van der Waals surface area contributed by atoms with Gasteiger partial charge in [0.1, 0.15) is 11.5 Å². The summed E-state index contributed by atoms with van der Waals surface area (Å²) < 4.78 is 1.32. The Balaban J connectivity index is 1.58. The lowest BCUT2D eigenvalue weighted by atomic mass is 9.95. The summed E-state index contributed by atoms with van der Waals surface area (Å²) in [6.45, 7) is 5.33. The van der Waals surface area contributed by atoms with E-state index >= 15 is 0 Å². The van der Waals surface area contributed by atoms with Gasteiger partial charge in [-0.15, -0.1) is 0 Å². The van der Waals surface area contributed by atoms with Gasteiger partial charge in [-0.25, -0.2) is 9.67 Å². The zero-order valence-electron chi connectivity index (χ0n) is 16.2. The number of nitrogens with one attached hydrogen (secondary N) is 1. The fourth-order valence-electron chi connectivity index (χ4n) is 3.21. The molecule has 2 aromatic rings. The fourth-order valence-corrected chi connectivity index (χ4v) is 3.21. The van der Waals surface area contributed by atoms with Gasteiger partial charge in [0.15, 0.2) is 0 Å². The topological polar surface area (TPSA) is 97.2 Å². The average Bonchev–Trinajstić information content (AvgIpc) is 2.71. The van der Waals surface area contributed by atoms with Crippen molar-refractivity contribution in [2.24, 2.45) is 5.92 Å². The highest BCUT2D eigenvalue weighted by Gasteiger charge is 2.28. The predicted octanol–water partition coefficient (Wildman–Crippen LogP) is 1.85. The molecule has 0 radical (unpaired) electrons. The molecule has 0 bridgehead atoms. The number of rotatable bonds is 5. The van der Waals surface area contributed by atoms with Crippen LogP contribution in [0, 0.1) is 12.8 Å². The number of pyridine rings is 1. The lowest BCUT2D eigenvalue weighted by molar-refractivity contribution is -0.121. The molecule has 28 heavy (non-hydrogen) atoms. The SMILES string of the molecule is CCCn1nc(C(=O)N2CCC(C(=O)Nc3ccc(C)cn3)CC2)ccc1=O. The Kier molecular flexibility index (Phi) is 6.18. The summed E-state index contributed by atoms with van der Waals surface area (Å²) in [5, 5.41) is 7.02. The van der Waals surface area contributed by atoms with E-state index in [1.807, 2.05) is 19.9 Å². The van der Waals surface area contributed by atoms with Gasteiger partial charge in [-0.2, -0.15) is 5.10 Å². The van der Waals surface area contributed by atoms with Crippen LogP contribution in [0.3, 0.4) is 0 Å². The van der Waals surface area contributed by atoms with Gasteiger partial charge in [0, 0.05) is 37.8 Å². The molecule has 0 saturated carbocycles. The summed E-state index contributed by atoms with van der Waals surface area (Å²) in [6, 6.07) is 6.53. The van der Waals surface area contributed by atoms with E-state index in [2.05, 4.69) is 15.4 Å². The van der Waals surface area contributed by atoms with Crippen molar-refractivity contribution in [3.63, 3.8) is 0 Å². The highest BCUT2D eigenvalue weighted by atomic mass is 16.2. The molecule has 0 atom stereocenters. The first-order valence-corrected chi connectivity index (χ1v) is 9.59. The Labute approximate surface area is 163 Å². The number of anilines is 1. The second-order valence-electron chi connectivity index (χ2n) is 7.06. The fraction of sp³-hybridized carbons (Fsp3) is 0.450. The quantitative estimate of drug-likeness (QED) is 0.850. The molecule has 1 aliphatic heterocycles. The van der Waals surface area contributed by atoms with Gasteiger partial charge in [-0.05, 0) is 43.9 Å². The largest absolute Gasteiger partial charge is 0.337 e. The summed E-state index contributed by atoms with van der Waals surface area (Å²) in [5.74, 6) is 0.104. The van der Waals surface area contributed by atoms with Gasteiger partial charge < -0.3 is 10.2 Å². The van der Waals surface area contributed by atoms with Crippen LogP contribution in [0.4, 0.5) is 5.82 Å². The molecule has 0 unspecified atom stereocenters. The van der Waals surface area contributed by atoms with Gasteiger partial charge in [0.05, 0.1) is 0 Å². The number of hydrogen-bond acceptors (Lipinski definition) is 5. The molecular weight excluding hydrogens is 358 g/mol. The minimum absolute atomic E-state index is 0.0712. The van der Waals surface area contributed by atoms with Gasteiger partial charge in [-0.3, -0.25) is 14.4 Å². The van der Waals surface area contributed by atoms with Crippen molar-refractivity contribution in [2.45, 2.75) is 39.7 Å². The average molecular weight is 383 g/mol. The number of likely N-dealkylation sites (tertiary alicyclic amines) is 1. The second kappa shape index (κ2) is 8.77. The van der Waals surface area contributed by atoms with Crippen LogP contribution in [0.5, 0.6) is 0 Å². The van der Waals surface area contributed by atoms with Gasteiger partial charge in [-0.1, -0.05) is 13.0 Å². The molecule has 8 nitrogen and oxygen atoms in total. The lowest BCUT2D eigenvalue weighted by Gasteiger charge is -2.31. The zero-order valence-corrected chi connectivity index (χ0v) is 16.2. The molecule has 1 N–H and O–H groups in total. The van der Waals surface area contributed by atoms with Crippen LogP contribution in [-0.4, -0.2) is 44.6 Å². The number of aryl methyl sites for hydroxylation is 2. The Hall–Kier alpha value is -3.03. The maximum Gasteiger partial charge on any atom is 0.274 e. The maximum absolute atomic E-state index is 12.7. The number of amides is 2. The van der Waals surface area contributed by atoms with Crippen molar-refractivity contribution >= 4 is 17.6 Å². The predicted molar refractivity (Wildman–Crippen MR) is 105 cm³/mol. The van der Waals surface area contributed by atoms with Crippen molar-refractivity contribution in [2.75, 3.05) is 18.4 Å². The molecule has 0 aromatic carbocycles. The molecule has 2 aromatic heterocycles. The van der Waals surface area contributed by atoms with E-state index < -0.39 is 0 Å². The van der Waals surface area contributed by atoms with Crippen LogP contribution < -0.4 is 10.9 Å². The van der Waals surface area contributed by atoms with Crippen LogP contribution in [0.25, 0.3) is 0 Å². The van der Waals surface area contributed by atoms with Crippen LogP contribution in [-0.2, 0) is 11.3 Å². The monoisotopic (exact) mass is 383 g/mol. The first-order valence-electron chi connectivity index (χ1n) is 9.59. The summed E-state index contributed by atoms with van der Waals surface area (Å²) >= 11 is 0. The van der Waals surface area contributed by atoms with E-state index in [9.17, 15) is 14.4 Å². The third kappa shape index (κ3) is 4.62. The zero-order chi connectivity index (χ0) is 20.1. The van der Waals surface area contributed by atoms with Crippen LogP contribution in [0.1, 0.15) is 42.2 Å². The summed E-state index contributed by atoms with van der Waals surface area (Å²) in [7, 11) is 0. The van der Waals surface area contributed by atoms with E-state index in [1.165, 1.54) is 16.8 Å². The standard InChI is InChI=1S/C20H25N5O3/c1-3-10-25-18(26)7-5-16(23-25)20(28)24-11-8-15(9-12-24)19(27)22-17-6-4-14(2)13-21-17/h4-7,13,15H,3,8-12H2,1-2H3,(H,21,22,27). The molecule has 8 heteroatoms. The number of carbonyl (C=O) groups excluding carboxylic acids is 2. The highest BCUT2D eigenvalue weighted by molar-refractivity contribution is 5.93. The molecule has 0 aliphatic carbocycles. The number of aromatic nitrogens is 3. The van der Waals surface area contributed by atoms with Crippen molar-refractivity contribution in [1.82, 2.24) is 19.7 Å². The molecule has 1 fully saturated rings. The smallest absolute Gasteiger partial charge is 0.274 e. The van der Waals surface area contributed by atoms with E-state index in [0.717, 1.165) is 12.0 Å². The van der Waals surface area contributed by atoms with E-state index in [1.54, 1.807) is 17.2 Å². The summed E-state index contributed by atoms with van der Waals surface area (Å²) in [5.41, 5.74) is 1.09. The number of carbonyl (C=O) groups is 2. The molecule has 0 spiro atoms. The van der Waals surface area contributed by atoms with Crippen molar-refractivity contribution in [3.8, 4) is 0 Å². The van der Waals surface area contributed by atoms with Gasteiger partial charge >= 0.3 is 0 Å². The highest BCUT2D eigenvalue weighted by Crippen LogP contribution is 2.20. The Morgan fingerprint density at radius 3 is 2.57 bits per heavy atom. The molecule has 2 amide bonds. The van der Waals surface area contributed by atoms with Gasteiger partial charge in [0.25, 0.3) is 11.5 Å². The Morgan fingerprint density at radius 1 is 1.18 bits per heavy atom. The summed E-state index contributed by atoms with van der Waals surface area (Å²) in [6.07, 6.45) is 3.64. The van der Waals surface area contributed by atoms with Crippen molar-refractivity contribution in [1.29, 1.82) is 0 Å². The van der Waals surface area contributed by atoms with Crippen LogP contribution >= 0.6 is 0 Å². The van der Waals surface area contributed by atoms with E-state index in [-0.39, 0.29) is 29.0 Å². The molecule has 148 valence electrons. The van der Waals surface area contributed by atoms with Crippen molar-refractivity contribution < 1.29 is 9.59 Å². The first kappa shape index (κ1) is 19.7. The van der Waals surface area contributed by atoms with E-state index in [4.69, 9.17) is 0 Å².